The van der Waals surface area contributed by atoms with E-state index >= 15 is 0 Å². The van der Waals surface area contributed by atoms with Gasteiger partial charge in [-0.3, -0.25) is 4.90 Å². The van der Waals surface area contributed by atoms with E-state index in [9.17, 15) is 4.79 Å². The molecule has 6 nitrogen and oxygen atoms in total. The van der Waals surface area contributed by atoms with Gasteiger partial charge in [-0.25, -0.2) is 4.79 Å². The van der Waals surface area contributed by atoms with Gasteiger partial charge in [0.2, 0.25) is 0 Å². The molecule has 0 saturated carbocycles. The van der Waals surface area contributed by atoms with Crippen LogP contribution in [0.4, 0.5) is 4.79 Å². The minimum absolute atomic E-state index is 0.154. The zero-order chi connectivity index (χ0) is 13.4. The second-order valence-corrected chi connectivity index (χ2v) is 4.22. The molecule has 0 aromatic rings. The van der Waals surface area contributed by atoms with Crippen LogP contribution in [0.3, 0.4) is 0 Å². The van der Waals surface area contributed by atoms with Crippen LogP contribution in [0, 0.1) is 0 Å². The van der Waals surface area contributed by atoms with Crippen LogP contribution in [0.1, 0.15) is 20.3 Å². The number of hydrogen-bond acceptors (Lipinski definition) is 5. The minimum Gasteiger partial charge on any atom is -0.453 e. The third-order valence-electron chi connectivity index (χ3n) is 2.89. The summed E-state index contributed by atoms with van der Waals surface area (Å²) in [6.45, 7) is 7.68. The molecule has 0 bridgehead atoms. The molecule has 0 aliphatic carbocycles. The molecule has 1 aliphatic heterocycles. The zero-order valence-electron chi connectivity index (χ0n) is 11.5. The number of nitrogens with one attached hydrogen (secondary N) is 1. The van der Waals surface area contributed by atoms with E-state index in [2.05, 4.69) is 15.0 Å². The van der Waals surface area contributed by atoms with Crippen LogP contribution in [0.15, 0.2) is 0 Å². The van der Waals surface area contributed by atoms with E-state index in [1.165, 1.54) is 7.11 Å². The van der Waals surface area contributed by atoms with Gasteiger partial charge in [0.15, 0.2) is 6.29 Å². The maximum Gasteiger partial charge on any atom is 0.407 e. The van der Waals surface area contributed by atoms with Gasteiger partial charge in [0.1, 0.15) is 0 Å². The molecule has 1 saturated heterocycles. The highest BCUT2D eigenvalue weighted by Gasteiger charge is 2.26. The zero-order valence-corrected chi connectivity index (χ0v) is 11.5. The van der Waals surface area contributed by atoms with Crippen molar-refractivity contribution in [2.75, 3.05) is 40.0 Å². The molecule has 1 N–H and O–H groups in total. The monoisotopic (exact) mass is 260 g/mol. The van der Waals surface area contributed by atoms with Crippen LogP contribution in [-0.2, 0) is 14.2 Å². The summed E-state index contributed by atoms with van der Waals surface area (Å²) in [5, 5.41) is 2.81. The van der Waals surface area contributed by atoms with E-state index in [1.54, 1.807) is 0 Å². The Morgan fingerprint density at radius 2 is 2.06 bits per heavy atom. The maximum atomic E-state index is 11.1. The Morgan fingerprint density at radius 3 is 2.61 bits per heavy atom. The number of nitrogens with zero attached hydrogens (tertiary/aromatic N) is 1. The molecule has 0 spiro atoms. The van der Waals surface area contributed by atoms with E-state index in [0.29, 0.717) is 13.2 Å². The second-order valence-electron chi connectivity index (χ2n) is 4.22. The van der Waals surface area contributed by atoms with E-state index in [-0.39, 0.29) is 18.4 Å². The highest BCUT2D eigenvalue weighted by atomic mass is 16.7. The van der Waals surface area contributed by atoms with Crippen molar-refractivity contribution in [2.24, 2.45) is 0 Å². The fraction of sp³-hybridized carbons (Fsp3) is 0.917. The SMILES string of the molecule is CCOC(CN1CCC(NC(=O)OC)C1)OCC. The van der Waals surface area contributed by atoms with E-state index in [4.69, 9.17) is 9.47 Å². The largest absolute Gasteiger partial charge is 0.453 e. The summed E-state index contributed by atoms with van der Waals surface area (Å²) in [7, 11) is 1.38. The number of carbonyl (C=O) groups excluding carboxylic acids is 1. The summed E-state index contributed by atoms with van der Waals surface area (Å²) < 4.78 is 15.6. The number of ether oxygens (including phenoxy) is 3. The molecule has 1 atom stereocenters. The number of methoxy groups -OCH3 is 1. The lowest BCUT2D eigenvalue weighted by molar-refractivity contribution is -0.145. The molecule has 0 aromatic carbocycles. The van der Waals surface area contributed by atoms with Crippen molar-refractivity contribution >= 4 is 6.09 Å². The van der Waals surface area contributed by atoms with Gasteiger partial charge in [0, 0.05) is 38.9 Å². The van der Waals surface area contributed by atoms with Crippen LogP contribution in [0.5, 0.6) is 0 Å². The molecule has 1 aliphatic rings. The molecule has 1 fully saturated rings. The van der Waals surface area contributed by atoms with Gasteiger partial charge >= 0.3 is 6.09 Å². The molecule has 106 valence electrons. The van der Waals surface area contributed by atoms with E-state index in [1.807, 2.05) is 13.8 Å². The summed E-state index contributed by atoms with van der Waals surface area (Å²) in [5.41, 5.74) is 0. The summed E-state index contributed by atoms with van der Waals surface area (Å²) in [6, 6.07) is 0.154. The van der Waals surface area contributed by atoms with Crippen LogP contribution < -0.4 is 5.32 Å². The average molecular weight is 260 g/mol. The first kappa shape index (κ1) is 15.2. The first-order valence-electron chi connectivity index (χ1n) is 6.49. The molecule has 1 unspecified atom stereocenters. The third kappa shape index (κ3) is 5.20. The predicted octanol–water partition coefficient (Wildman–Crippen LogP) is 0.816. The topological polar surface area (TPSA) is 60.0 Å². The fourth-order valence-electron chi connectivity index (χ4n) is 2.08. The summed E-state index contributed by atoms with van der Waals surface area (Å²) in [4.78, 5) is 13.3. The van der Waals surface area contributed by atoms with Gasteiger partial charge in [-0.05, 0) is 20.3 Å². The van der Waals surface area contributed by atoms with Crippen LogP contribution in [-0.4, -0.2) is 63.3 Å². The van der Waals surface area contributed by atoms with Crippen LogP contribution in [0.2, 0.25) is 0 Å². The van der Waals surface area contributed by atoms with Crippen molar-refractivity contribution in [1.82, 2.24) is 10.2 Å². The van der Waals surface area contributed by atoms with Gasteiger partial charge in [-0.1, -0.05) is 0 Å². The first-order valence-corrected chi connectivity index (χ1v) is 6.49. The molecule has 0 aromatic heterocycles. The molecule has 18 heavy (non-hydrogen) atoms. The van der Waals surface area contributed by atoms with E-state index < -0.39 is 0 Å². The molecule has 0 radical (unpaired) electrons. The van der Waals surface area contributed by atoms with E-state index in [0.717, 1.165) is 26.1 Å². The van der Waals surface area contributed by atoms with Crippen molar-refractivity contribution in [1.29, 1.82) is 0 Å². The van der Waals surface area contributed by atoms with Crippen molar-refractivity contribution in [3.05, 3.63) is 0 Å². The normalized spacial score (nSPS) is 20.3. The van der Waals surface area contributed by atoms with Crippen LogP contribution in [0.25, 0.3) is 0 Å². The summed E-state index contributed by atoms with van der Waals surface area (Å²) in [5.74, 6) is 0. The lowest BCUT2D eigenvalue weighted by Gasteiger charge is -2.23. The predicted molar refractivity (Wildman–Crippen MR) is 67.4 cm³/mol. The Balaban J connectivity index is 2.29. The van der Waals surface area contributed by atoms with Gasteiger partial charge < -0.3 is 19.5 Å². The van der Waals surface area contributed by atoms with Gasteiger partial charge in [0.05, 0.1) is 7.11 Å². The smallest absolute Gasteiger partial charge is 0.407 e. The molecular formula is C12H24N2O4. The second kappa shape index (κ2) is 8.29. The molecule has 1 heterocycles. The molecular weight excluding hydrogens is 236 g/mol. The Morgan fingerprint density at radius 1 is 1.39 bits per heavy atom. The molecule has 1 rings (SSSR count). The van der Waals surface area contributed by atoms with Crippen molar-refractivity contribution < 1.29 is 19.0 Å². The molecule has 6 heteroatoms. The number of rotatable bonds is 7. The van der Waals surface area contributed by atoms with Crippen molar-refractivity contribution in [2.45, 2.75) is 32.6 Å². The van der Waals surface area contributed by atoms with Gasteiger partial charge in [-0.2, -0.15) is 0 Å². The van der Waals surface area contributed by atoms with Gasteiger partial charge in [0.25, 0.3) is 0 Å². The number of amides is 1. The lowest BCUT2D eigenvalue weighted by atomic mass is 10.3. The van der Waals surface area contributed by atoms with Gasteiger partial charge in [-0.15, -0.1) is 0 Å². The lowest BCUT2D eigenvalue weighted by Crippen LogP contribution is -2.39. The molecule has 1 amide bonds. The summed E-state index contributed by atoms with van der Waals surface area (Å²) in [6.07, 6.45) is 0.380. The highest BCUT2D eigenvalue weighted by molar-refractivity contribution is 5.67. The fourth-order valence-corrected chi connectivity index (χ4v) is 2.08. The Bertz CT molecular complexity index is 244. The highest BCUT2D eigenvalue weighted by Crippen LogP contribution is 2.11. The Labute approximate surface area is 109 Å². The number of likely N-dealkylation sites (tertiary alicyclic amines) is 1. The third-order valence-corrected chi connectivity index (χ3v) is 2.89. The number of hydrogen-bond donors (Lipinski definition) is 1. The standard InChI is InChI=1S/C12H24N2O4/c1-4-17-11(18-5-2)9-14-7-6-10(8-14)13-12(15)16-3/h10-11H,4-9H2,1-3H3,(H,13,15). The van der Waals surface area contributed by atoms with Crippen LogP contribution >= 0.6 is 0 Å². The first-order chi connectivity index (χ1) is 8.69. The van der Waals surface area contributed by atoms with Crippen molar-refractivity contribution in [3.8, 4) is 0 Å². The summed E-state index contributed by atoms with van der Waals surface area (Å²) >= 11 is 0. The average Bonchev–Trinajstić information content (AvgIpc) is 2.77. The Kier molecular flexibility index (Phi) is 7.00. The quantitative estimate of drug-likeness (QED) is 0.687. The maximum absolute atomic E-state index is 11.1. The number of carbonyl (C=O) groups is 1. The Hall–Kier alpha value is -0.850. The van der Waals surface area contributed by atoms with Crippen molar-refractivity contribution in [3.63, 3.8) is 0 Å². The number of alkyl carbamates (subject to hydrolysis) is 1. The minimum atomic E-state index is -0.368.